The molecule has 6 heteroatoms. The quantitative estimate of drug-likeness (QED) is 0.906. The number of nitrogens with zero attached hydrogens (tertiary/aromatic N) is 2. The molecule has 2 rings (SSSR count). The number of rotatable bonds is 5. The van der Waals surface area contributed by atoms with E-state index in [0.717, 1.165) is 23.6 Å². The zero-order valence-electron chi connectivity index (χ0n) is 10.8. The van der Waals surface area contributed by atoms with Crippen LogP contribution in [0.4, 0.5) is 0 Å². The van der Waals surface area contributed by atoms with E-state index in [2.05, 4.69) is 9.97 Å². The van der Waals surface area contributed by atoms with Crippen molar-refractivity contribution >= 4 is 29.3 Å². The van der Waals surface area contributed by atoms with E-state index in [1.165, 1.54) is 11.8 Å². The fourth-order valence-corrected chi connectivity index (χ4v) is 2.57. The topological polar surface area (TPSA) is 63.1 Å². The predicted molar refractivity (Wildman–Crippen MR) is 78.6 cm³/mol. The zero-order chi connectivity index (χ0) is 14.5. The summed E-state index contributed by atoms with van der Waals surface area (Å²) in [6.45, 7) is 2.03. The van der Waals surface area contributed by atoms with Gasteiger partial charge in [-0.3, -0.25) is 0 Å². The third-order valence-electron chi connectivity index (χ3n) is 2.52. The summed E-state index contributed by atoms with van der Waals surface area (Å²) in [7, 11) is 0. The number of pyridine rings is 2. The molecule has 104 valence electrons. The molecule has 0 saturated heterocycles. The Morgan fingerprint density at radius 3 is 2.75 bits per heavy atom. The number of carboxylic acids is 1. The Bertz CT molecular complexity index is 617. The molecule has 0 spiro atoms. The van der Waals surface area contributed by atoms with Gasteiger partial charge in [0.1, 0.15) is 10.1 Å². The molecule has 20 heavy (non-hydrogen) atoms. The number of aromatic carboxylic acids is 1. The van der Waals surface area contributed by atoms with Gasteiger partial charge in [0, 0.05) is 11.9 Å². The van der Waals surface area contributed by atoms with Crippen LogP contribution >= 0.6 is 23.4 Å². The Labute approximate surface area is 126 Å². The van der Waals surface area contributed by atoms with E-state index in [4.69, 9.17) is 16.7 Å². The molecule has 0 aromatic carbocycles. The first-order chi connectivity index (χ1) is 9.58. The summed E-state index contributed by atoms with van der Waals surface area (Å²) in [5.41, 5.74) is 1.03. The van der Waals surface area contributed by atoms with Gasteiger partial charge in [0.15, 0.2) is 0 Å². The first-order valence-electron chi connectivity index (χ1n) is 6.12. The van der Waals surface area contributed by atoms with Gasteiger partial charge in [0.05, 0.1) is 10.6 Å². The van der Waals surface area contributed by atoms with Crippen LogP contribution < -0.4 is 0 Å². The van der Waals surface area contributed by atoms with E-state index in [9.17, 15) is 4.79 Å². The highest BCUT2D eigenvalue weighted by atomic mass is 35.5. The molecule has 0 unspecified atom stereocenters. The monoisotopic (exact) mass is 308 g/mol. The summed E-state index contributed by atoms with van der Waals surface area (Å²) in [5, 5.41) is 11.1. The van der Waals surface area contributed by atoms with Crippen LogP contribution in [0.1, 0.15) is 29.4 Å². The van der Waals surface area contributed by atoms with E-state index in [0.29, 0.717) is 10.0 Å². The lowest BCUT2D eigenvalue weighted by Crippen LogP contribution is -2.01. The summed E-state index contributed by atoms with van der Waals surface area (Å²) < 4.78 is 0. The molecular weight excluding hydrogens is 296 g/mol. The number of carbonyl (C=O) groups is 1. The number of carboxylic acid groups (broad SMARTS) is 1. The maximum Gasteiger partial charge on any atom is 0.335 e. The van der Waals surface area contributed by atoms with Crippen LogP contribution in [-0.4, -0.2) is 21.0 Å². The Balaban J connectivity index is 2.29. The van der Waals surface area contributed by atoms with E-state index in [1.54, 1.807) is 30.5 Å². The van der Waals surface area contributed by atoms with Crippen LogP contribution in [0.15, 0.2) is 40.5 Å². The lowest BCUT2D eigenvalue weighted by molar-refractivity contribution is 0.0696. The first-order valence-corrected chi connectivity index (χ1v) is 7.31. The van der Waals surface area contributed by atoms with E-state index in [1.807, 2.05) is 6.92 Å². The Hall–Kier alpha value is -1.59. The van der Waals surface area contributed by atoms with Gasteiger partial charge in [-0.25, -0.2) is 14.8 Å². The van der Waals surface area contributed by atoms with Crippen molar-refractivity contribution in [2.24, 2.45) is 0 Å². The fraction of sp³-hybridized carbons (Fsp3) is 0.214. The van der Waals surface area contributed by atoms with Crippen molar-refractivity contribution in [3.05, 3.63) is 46.7 Å². The number of hydrogen-bond donors (Lipinski definition) is 1. The van der Waals surface area contributed by atoms with E-state index >= 15 is 0 Å². The second-order valence-corrected chi connectivity index (χ2v) is 5.63. The van der Waals surface area contributed by atoms with Gasteiger partial charge in [0.2, 0.25) is 0 Å². The van der Waals surface area contributed by atoms with Gasteiger partial charge in [-0.05, 0) is 30.7 Å². The maximum atomic E-state index is 11.1. The van der Waals surface area contributed by atoms with Crippen molar-refractivity contribution in [2.45, 2.75) is 29.8 Å². The maximum absolute atomic E-state index is 11.1. The summed E-state index contributed by atoms with van der Waals surface area (Å²) in [6.07, 6.45) is 3.22. The molecule has 0 saturated carbocycles. The molecule has 0 aliphatic heterocycles. The van der Waals surface area contributed by atoms with Crippen LogP contribution in [-0.2, 0) is 6.42 Å². The van der Waals surface area contributed by atoms with Gasteiger partial charge in [0.25, 0.3) is 0 Å². The van der Waals surface area contributed by atoms with Crippen LogP contribution in [0.5, 0.6) is 0 Å². The first kappa shape index (κ1) is 14.8. The third-order valence-corrected chi connectivity index (χ3v) is 3.61. The van der Waals surface area contributed by atoms with Gasteiger partial charge >= 0.3 is 5.97 Å². The molecule has 0 aliphatic rings. The number of aryl methyl sites for hydroxylation is 1. The minimum absolute atomic E-state index is 0.250. The smallest absolute Gasteiger partial charge is 0.335 e. The van der Waals surface area contributed by atoms with E-state index < -0.39 is 5.97 Å². The van der Waals surface area contributed by atoms with Gasteiger partial charge in [-0.1, -0.05) is 36.7 Å². The summed E-state index contributed by atoms with van der Waals surface area (Å²) in [4.78, 5) is 19.8. The molecule has 2 heterocycles. The highest BCUT2D eigenvalue weighted by molar-refractivity contribution is 7.99. The third kappa shape index (κ3) is 3.95. The normalized spacial score (nSPS) is 10.5. The second kappa shape index (κ2) is 6.72. The molecular formula is C14H13ClN2O2S. The standard InChI is InChI=1S/C14H13ClN2O2S/c1-2-3-11-6-9(14(18)19)7-13(17-11)20-12-5-4-10(15)8-16-12/h4-8H,2-3H2,1H3,(H,18,19). The molecule has 0 fully saturated rings. The zero-order valence-corrected chi connectivity index (χ0v) is 12.4. The SMILES string of the molecule is CCCc1cc(C(=O)O)cc(Sc2ccc(Cl)cn2)n1. The molecule has 0 radical (unpaired) electrons. The van der Waals surface area contributed by atoms with Gasteiger partial charge in [-0.15, -0.1) is 0 Å². The van der Waals surface area contributed by atoms with Gasteiger partial charge in [-0.2, -0.15) is 0 Å². The van der Waals surface area contributed by atoms with E-state index in [-0.39, 0.29) is 5.56 Å². The lowest BCUT2D eigenvalue weighted by Gasteiger charge is -2.05. The number of aromatic nitrogens is 2. The average molecular weight is 309 g/mol. The van der Waals surface area contributed by atoms with Crippen LogP contribution in [0.2, 0.25) is 5.02 Å². The predicted octanol–water partition coefficient (Wildman–Crippen LogP) is 3.93. The minimum atomic E-state index is -0.948. The molecule has 0 aliphatic carbocycles. The average Bonchev–Trinajstić information content (AvgIpc) is 2.41. The van der Waals surface area contributed by atoms with Crippen molar-refractivity contribution in [1.29, 1.82) is 0 Å². The van der Waals surface area contributed by atoms with Crippen LogP contribution in [0, 0.1) is 0 Å². The molecule has 1 N–H and O–H groups in total. The lowest BCUT2D eigenvalue weighted by atomic mass is 10.2. The largest absolute Gasteiger partial charge is 0.478 e. The highest BCUT2D eigenvalue weighted by Gasteiger charge is 2.10. The summed E-state index contributed by atoms with van der Waals surface area (Å²) in [6, 6.07) is 6.69. The molecule has 0 atom stereocenters. The molecule has 0 bridgehead atoms. The Kier molecular flexibility index (Phi) is 4.98. The number of halogens is 1. The molecule has 2 aromatic heterocycles. The minimum Gasteiger partial charge on any atom is -0.478 e. The molecule has 0 amide bonds. The number of hydrogen-bond acceptors (Lipinski definition) is 4. The van der Waals surface area contributed by atoms with Crippen LogP contribution in [0.3, 0.4) is 0 Å². The summed E-state index contributed by atoms with van der Waals surface area (Å²) >= 11 is 7.11. The fourth-order valence-electron chi connectivity index (χ4n) is 1.65. The van der Waals surface area contributed by atoms with Crippen molar-refractivity contribution < 1.29 is 9.90 Å². The van der Waals surface area contributed by atoms with Crippen molar-refractivity contribution in [3.63, 3.8) is 0 Å². The molecule has 2 aromatic rings. The second-order valence-electron chi connectivity index (χ2n) is 4.16. The Morgan fingerprint density at radius 2 is 2.15 bits per heavy atom. The molecule has 4 nitrogen and oxygen atoms in total. The summed E-state index contributed by atoms with van der Waals surface area (Å²) in [5.74, 6) is -0.948. The van der Waals surface area contributed by atoms with Gasteiger partial charge < -0.3 is 5.11 Å². The van der Waals surface area contributed by atoms with Crippen molar-refractivity contribution in [3.8, 4) is 0 Å². The van der Waals surface area contributed by atoms with Crippen molar-refractivity contribution in [2.75, 3.05) is 0 Å². The Morgan fingerprint density at radius 1 is 1.35 bits per heavy atom. The van der Waals surface area contributed by atoms with Crippen LogP contribution in [0.25, 0.3) is 0 Å². The highest BCUT2D eigenvalue weighted by Crippen LogP contribution is 2.26. The van der Waals surface area contributed by atoms with Crippen molar-refractivity contribution in [1.82, 2.24) is 9.97 Å².